The largest absolute Gasteiger partial charge is 0.377 e. The first-order valence-electron chi connectivity index (χ1n) is 6.00. The van der Waals surface area contributed by atoms with Gasteiger partial charge in [0.2, 0.25) is 5.91 Å². The van der Waals surface area contributed by atoms with Gasteiger partial charge in [0.05, 0.1) is 18.7 Å². The van der Waals surface area contributed by atoms with E-state index in [2.05, 4.69) is 4.90 Å². The summed E-state index contributed by atoms with van der Waals surface area (Å²) in [7, 11) is 1.84. The zero-order chi connectivity index (χ0) is 11.5. The number of nitrogens with two attached hydrogens (primary N) is 1. The molecule has 5 heteroatoms. The van der Waals surface area contributed by atoms with Crippen molar-refractivity contribution in [3.63, 3.8) is 0 Å². The Morgan fingerprint density at radius 1 is 1.56 bits per heavy atom. The lowest BCUT2D eigenvalue weighted by molar-refractivity contribution is -0.138. The number of carbonyl (C=O) groups excluding carboxylic acids is 1. The van der Waals surface area contributed by atoms with Crippen LogP contribution in [0.3, 0.4) is 0 Å². The molecular formula is C11H21N3O2. The van der Waals surface area contributed by atoms with E-state index in [1.165, 1.54) is 0 Å². The molecule has 0 aliphatic carbocycles. The van der Waals surface area contributed by atoms with Crippen LogP contribution in [-0.4, -0.2) is 67.7 Å². The summed E-state index contributed by atoms with van der Waals surface area (Å²) in [6.07, 6.45) is 2.58. The van der Waals surface area contributed by atoms with Gasteiger partial charge in [-0.3, -0.25) is 9.69 Å². The summed E-state index contributed by atoms with van der Waals surface area (Å²) in [6, 6.07) is 0.155. The Bertz CT molecular complexity index is 252. The van der Waals surface area contributed by atoms with Crippen molar-refractivity contribution in [3.05, 3.63) is 0 Å². The number of hydrogen-bond acceptors (Lipinski definition) is 4. The Hall–Kier alpha value is -0.650. The first kappa shape index (κ1) is 11.8. The number of likely N-dealkylation sites (N-methyl/N-ethyl adjacent to an activating group) is 1. The van der Waals surface area contributed by atoms with Crippen molar-refractivity contribution in [3.8, 4) is 0 Å². The molecule has 2 N–H and O–H groups in total. The lowest BCUT2D eigenvalue weighted by Gasteiger charge is -2.39. The number of rotatable bonds is 3. The smallest absolute Gasteiger partial charge is 0.236 e. The summed E-state index contributed by atoms with van der Waals surface area (Å²) >= 11 is 0. The number of hydrogen-bond donors (Lipinski definition) is 1. The standard InChI is InChI=1S/C11H21N3O2/c1-13-9(5-12)6-14(8-11(13)15)7-10-3-2-4-16-10/h9-10H,2-8,12H2,1H3. The number of ether oxygens (including phenoxy) is 1. The summed E-state index contributed by atoms with van der Waals surface area (Å²) in [5, 5.41) is 0. The molecule has 2 aliphatic rings. The van der Waals surface area contributed by atoms with Crippen LogP contribution in [0.4, 0.5) is 0 Å². The van der Waals surface area contributed by atoms with Crippen molar-refractivity contribution >= 4 is 5.91 Å². The van der Waals surface area contributed by atoms with Gasteiger partial charge in [-0.2, -0.15) is 0 Å². The minimum absolute atomic E-state index is 0.155. The molecule has 0 aromatic heterocycles. The summed E-state index contributed by atoms with van der Waals surface area (Å²) in [6.45, 7) is 3.65. The van der Waals surface area contributed by atoms with E-state index in [0.717, 1.165) is 32.5 Å². The molecule has 0 aromatic carbocycles. The third-order valence-electron chi connectivity index (χ3n) is 3.53. The van der Waals surface area contributed by atoms with E-state index >= 15 is 0 Å². The van der Waals surface area contributed by atoms with Gasteiger partial charge in [0, 0.05) is 33.3 Å². The van der Waals surface area contributed by atoms with Crippen molar-refractivity contribution in [2.75, 3.05) is 39.8 Å². The number of carbonyl (C=O) groups is 1. The van der Waals surface area contributed by atoms with Crippen LogP contribution in [0.15, 0.2) is 0 Å². The first-order chi connectivity index (χ1) is 7.70. The maximum atomic E-state index is 11.7. The SMILES string of the molecule is CN1C(=O)CN(CC2CCCO2)CC1CN. The molecule has 92 valence electrons. The Morgan fingerprint density at radius 2 is 2.38 bits per heavy atom. The number of piperazine rings is 1. The van der Waals surface area contributed by atoms with E-state index < -0.39 is 0 Å². The molecule has 2 rings (SSSR count). The van der Waals surface area contributed by atoms with Crippen LogP contribution in [0, 0.1) is 0 Å². The van der Waals surface area contributed by atoms with Crippen molar-refractivity contribution in [1.82, 2.24) is 9.80 Å². The van der Waals surface area contributed by atoms with E-state index in [1.54, 1.807) is 4.90 Å². The highest BCUT2D eigenvalue weighted by Gasteiger charge is 2.30. The Morgan fingerprint density at radius 3 is 3.00 bits per heavy atom. The minimum Gasteiger partial charge on any atom is -0.377 e. The summed E-state index contributed by atoms with van der Waals surface area (Å²) in [4.78, 5) is 15.7. The topological polar surface area (TPSA) is 58.8 Å². The molecule has 1 amide bonds. The monoisotopic (exact) mass is 227 g/mol. The van der Waals surface area contributed by atoms with Crippen molar-refractivity contribution in [2.24, 2.45) is 5.73 Å². The normalized spacial score (nSPS) is 32.4. The average molecular weight is 227 g/mol. The quantitative estimate of drug-likeness (QED) is 0.690. The average Bonchev–Trinajstić information content (AvgIpc) is 2.76. The lowest BCUT2D eigenvalue weighted by atomic mass is 10.1. The predicted octanol–water partition coefficient (Wildman–Crippen LogP) is -0.733. The van der Waals surface area contributed by atoms with Crippen LogP contribution in [0.1, 0.15) is 12.8 Å². The van der Waals surface area contributed by atoms with Crippen LogP contribution in [0.5, 0.6) is 0 Å². The van der Waals surface area contributed by atoms with Crippen LogP contribution in [0.2, 0.25) is 0 Å². The number of nitrogens with zero attached hydrogens (tertiary/aromatic N) is 2. The number of amides is 1. The van der Waals surface area contributed by atoms with Crippen molar-refractivity contribution in [2.45, 2.75) is 25.0 Å². The van der Waals surface area contributed by atoms with Gasteiger partial charge in [0.25, 0.3) is 0 Å². The minimum atomic E-state index is 0.155. The van der Waals surface area contributed by atoms with Gasteiger partial charge in [-0.05, 0) is 12.8 Å². The summed E-state index contributed by atoms with van der Waals surface area (Å²) in [5.41, 5.74) is 5.67. The molecular weight excluding hydrogens is 206 g/mol. The van der Waals surface area contributed by atoms with Crippen molar-refractivity contribution < 1.29 is 9.53 Å². The fourth-order valence-corrected chi connectivity index (χ4v) is 2.44. The predicted molar refractivity (Wildman–Crippen MR) is 61.0 cm³/mol. The second kappa shape index (κ2) is 5.12. The zero-order valence-electron chi connectivity index (χ0n) is 9.89. The first-order valence-corrected chi connectivity index (χ1v) is 6.00. The highest BCUT2D eigenvalue weighted by molar-refractivity contribution is 5.79. The molecule has 0 saturated carbocycles. The van der Waals surface area contributed by atoms with E-state index in [9.17, 15) is 4.79 Å². The zero-order valence-corrected chi connectivity index (χ0v) is 9.89. The van der Waals surface area contributed by atoms with Crippen LogP contribution in [0.25, 0.3) is 0 Å². The molecule has 2 saturated heterocycles. The fraction of sp³-hybridized carbons (Fsp3) is 0.909. The van der Waals surface area contributed by atoms with Gasteiger partial charge in [0.1, 0.15) is 0 Å². The van der Waals surface area contributed by atoms with E-state index in [0.29, 0.717) is 19.2 Å². The molecule has 2 fully saturated rings. The van der Waals surface area contributed by atoms with Crippen LogP contribution < -0.4 is 5.73 Å². The molecule has 0 bridgehead atoms. The van der Waals surface area contributed by atoms with Crippen LogP contribution in [-0.2, 0) is 9.53 Å². The maximum Gasteiger partial charge on any atom is 0.236 e. The van der Waals surface area contributed by atoms with Gasteiger partial charge in [-0.1, -0.05) is 0 Å². The van der Waals surface area contributed by atoms with E-state index in [-0.39, 0.29) is 11.9 Å². The van der Waals surface area contributed by atoms with Gasteiger partial charge in [-0.15, -0.1) is 0 Å². The van der Waals surface area contributed by atoms with Crippen molar-refractivity contribution in [1.29, 1.82) is 0 Å². The molecule has 16 heavy (non-hydrogen) atoms. The summed E-state index contributed by atoms with van der Waals surface area (Å²) < 4.78 is 5.59. The van der Waals surface area contributed by atoms with E-state index in [4.69, 9.17) is 10.5 Å². The van der Waals surface area contributed by atoms with Gasteiger partial charge < -0.3 is 15.4 Å². The lowest BCUT2D eigenvalue weighted by Crippen LogP contribution is -2.58. The molecule has 2 heterocycles. The molecule has 5 nitrogen and oxygen atoms in total. The maximum absolute atomic E-state index is 11.7. The second-order valence-corrected chi connectivity index (χ2v) is 4.72. The highest BCUT2D eigenvalue weighted by atomic mass is 16.5. The van der Waals surface area contributed by atoms with Crippen LogP contribution >= 0.6 is 0 Å². The molecule has 0 radical (unpaired) electrons. The molecule has 2 aliphatic heterocycles. The molecule has 2 atom stereocenters. The fourth-order valence-electron chi connectivity index (χ4n) is 2.44. The molecule has 0 aromatic rings. The Kier molecular flexibility index (Phi) is 3.78. The Labute approximate surface area is 96.5 Å². The van der Waals surface area contributed by atoms with Gasteiger partial charge >= 0.3 is 0 Å². The second-order valence-electron chi connectivity index (χ2n) is 4.72. The Balaban J connectivity index is 1.88. The van der Waals surface area contributed by atoms with E-state index in [1.807, 2.05) is 7.05 Å². The third kappa shape index (κ3) is 2.53. The highest BCUT2D eigenvalue weighted by Crippen LogP contribution is 2.16. The van der Waals surface area contributed by atoms with Gasteiger partial charge in [-0.25, -0.2) is 0 Å². The van der Waals surface area contributed by atoms with Gasteiger partial charge in [0.15, 0.2) is 0 Å². The molecule has 0 spiro atoms. The third-order valence-corrected chi connectivity index (χ3v) is 3.53. The molecule has 2 unspecified atom stereocenters. The summed E-state index contributed by atoms with van der Waals surface area (Å²) in [5.74, 6) is 0.166.